The molecule has 0 N–H and O–H groups in total. The van der Waals surface area contributed by atoms with Crippen LogP contribution in [0.3, 0.4) is 0 Å². The Labute approximate surface area is 127 Å². The number of nitrogens with zero attached hydrogens (tertiary/aromatic N) is 1. The van der Waals surface area contributed by atoms with Crippen LogP contribution in [0.2, 0.25) is 0 Å². The lowest BCUT2D eigenvalue weighted by Crippen LogP contribution is -2.11. The highest BCUT2D eigenvalue weighted by Gasteiger charge is 2.23. The van der Waals surface area contributed by atoms with Gasteiger partial charge in [0.05, 0.1) is 6.10 Å². The second-order valence-electron chi connectivity index (χ2n) is 6.58. The van der Waals surface area contributed by atoms with Gasteiger partial charge in [-0.3, -0.25) is 0 Å². The molecule has 0 saturated carbocycles. The fourth-order valence-electron chi connectivity index (χ4n) is 2.08. The quantitative estimate of drug-likeness (QED) is 0.731. The molecule has 0 aromatic heterocycles. The number of ether oxygens (including phenoxy) is 1. The molecule has 1 atom stereocenters. The summed E-state index contributed by atoms with van der Waals surface area (Å²) in [7, 11) is 0. The molecule has 0 heterocycles. The van der Waals surface area contributed by atoms with Crippen molar-refractivity contribution < 1.29 is 4.74 Å². The fourth-order valence-corrected chi connectivity index (χ4v) is 2.08. The van der Waals surface area contributed by atoms with Crippen LogP contribution in [0.1, 0.15) is 46.3 Å². The molecule has 2 aromatic carbocycles. The average Bonchev–Trinajstić information content (AvgIpc) is 2.41. The van der Waals surface area contributed by atoms with Gasteiger partial charge in [0.25, 0.3) is 5.54 Å². The highest BCUT2D eigenvalue weighted by Crippen LogP contribution is 2.24. The minimum Gasteiger partial charge on any atom is -0.352 e. The van der Waals surface area contributed by atoms with E-state index in [-0.39, 0.29) is 17.7 Å². The lowest BCUT2D eigenvalue weighted by Gasteiger charge is -2.13. The van der Waals surface area contributed by atoms with Crippen molar-refractivity contribution in [2.45, 2.75) is 52.4 Å². The van der Waals surface area contributed by atoms with Crippen molar-refractivity contribution in [3.8, 4) is 6.07 Å². The van der Waals surface area contributed by atoms with E-state index in [0.717, 1.165) is 5.56 Å². The molecule has 2 heteroatoms. The van der Waals surface area contributed by atoms with Crippen molar-refractivity contribution in [2.24, 2.45) is 0 Å². The van der Waals surface area contributed by atoms with Crippen molar-refractivity contribution in [2.75, 3.05) is 0 Å². The molecule has 0 amide bonds. The molecule has 2 aromatic rings. The number of hydrogen-bond acceptors (Lipinski definition) is 1. The van der Waals surface area contributed by atoms with Crippen LogP contribution in [0, 0.1) is 6.07 Å². The number of hydrogen-bond donors (Lipinski definition) is 0. The van der Waals surface area contributed by atoms with Gasteiger partial charge in [0.1, 0.15) is 0 Å². The summed E-state index contributed by atoms with van der Waals surface area (Å²) in [4.78, 5) is 4.49. The van der Waals surface area contributed by atoms with E-state index in [4.69, 9.17) is 4.74 Å². The largest absolute Gasteiger partial charge is 0.352 e. The molecule has 2 rings (SSSR count). The third kappa shape index (κ3) is 4.58. The maximum atomic E-state index is 5.98. The van der Waals surface area contributed by atoms with Gasteiger partial charge >= 0.3 is 6.07 Å². The van der Waals surface area contributed by atoms with E-state index in [1.807, 2.05) is 13.8 Å². The minimum absolute atomic E-state index is 0.129. The van der Waals surface area contributed by atoms with Crippen LogP contribution in [0.15, 0.2) is 42.5 Å². The normalized spacial score (nSPS) is 13.0. The van der Waals surface area contributed by atoms with Gasteiger partial charge in [-0.15, -0.1) is 0 Å². The van der Waals surface area contributed by atoms with Crippen LogP contribution in [0.4, 0.5) is 0 Å². The van der Waals surface area contributed by atoms with Gasteiger partial charge in [0, 0.05) is 26.3 Å². The Morgan fingerprint density at radius 2 is 1.67 bits per heavy atom. The van der Waals surface area contributed by atoms with Gasteiger partial charge in [-0.25, -0.2) is 0 Å². The van der Waals surface area contributed by atoms with Crippen LogP contribution < -0.4 is 0 Å². The summed E-state index contributed by atoms with van der Waals surface area (Å²) in [5.74, 6) is 0. The first-order valence-electron chi connectivity index (χ1n) is 7.47. The smallest absolute Gasteiger partial charge is 0.310 e. The molecule has 0 radical (unpaired) electrons. The number of benzene rings is 2. The molecule has 0 aliphatic rings. The molecule has 0 saturated heterocycles. The van der Waals surface area contributed by atoms with Crippen LogP contribution in [0.5, 0.6) is 0 Å². The lowest BCUT2D eigenvalue weighted by molar-refractivity contribution is 0.0400. The number of rotatable bonds is 3. The maximum absolute atomic E-state index is 5.98. The number of fused-ring (bicyclic) bond motifs is 1. The van der Waals surface area contributed by atoms with Gasteiger partial charge in [-0.05, 0) is 30.7 Å². The first kappa shape index (κ1) is 15.5. The highest BCUT2D eigenvalue weighted by atomic mass is 16.5. The van der Waals surface area contributed by atoms with Crippen LogP contribution in [0.25, 0.3) is 15.6 Å². The molecule has 0 spiro atoms. The van der Waals surface area contributed by atoms with E-state index in [9.17, 15) is 0 Å². The highest BCUT2D eigenvalue weighted by molar-refractivity contribution is 5.83. The Morgan fingerprint density at radius 1 is 1.00 bits per heavy atom. The predicted molar refractivity (Wildman–Crippen MR) is 89.9 cm³/mol. The Bertz CT molecular complexity index is 671. The molecular formula is C19H24NO+. The monoisotopic (exact) mass is 282 g/mol. The van der Waals surface area contributed by atoms with Gasteiger partial charge in [0.2, 0.25) is 6.10 Å². The predicted octanol–water partition coefficient (Wildman–Crippen LogP) is 5.44. The van der Waals surface area contributed by atoms with Gasteiger partial charge in [-0.1, -0.05) is 41.2 Å². The van der Waals surface area contributed by atoms with E-state index < -0.39 is 0 Å². The van der Waals surface area contributed by atoms with Crippen LogP contribution >= 0.6 is 0 Å². The molecule has 0 bridgehead atoms. The Balaban J connectivity index is 2.39. The molecular weight excluding hydrogens is 258 g/mol. The second-order valence-corrected chi connectivity index (χ2v) is 6.58. The fraction of sp³-hybridized carbons (Fsp3) is 0.421. The first-order chi connectivity index (χ1) is 9.85. The van der Waals surface area contributed by atoms with E-state index in [1.165, 1.54) is 10.8 Å². The van der Waals surface area contributed by atoms with Gasteiger partial charge < -0.3 is 4.74 Å². The molecule has 0 aliphatic heterocycles. The van der Waals surface area contributed by atoms with Crippen molar-refractivity contribution in [3.63, 3.8) is 0 Å². The molecule has 0 aliphatic carbocycles. The molecule has 2 nitrogen and oxygen atoms in total. The first-order valence-corrected chi connectivity index (χ1v) is 7.47. The van der Waals surface area contributed by atoms with Crippen LogP contribution in [-0.4, -0.2) is 11.6 Å². The zero-order chi connectivity index (χ0) is 15.5. The standard InChI is InChI=1S/C19H24NO/c1-14(2)21-18(13-20-19(3,4)5)17-11-10-15-8-6-7-9-16(15)12-17/h6-12,14,18H,1-5H3/q+1. The topological polar surface area (TPSA) is 13.6 Å². The van der Waals surface area contributed by atoms with E-state index >= 15 is 0 Å². The molecule has 1 unspecified atom stereocenters. The van der Waals surface area contributed by atoms with Crippen molar-refractivity contribution in [3.05, 3.63) is 52.9 Å². The minimum atomic E-state index is -0.228. The molecule has 0 fully saturated rings. The van der Waals surface area contributed by atoms with Crippen molar-refractivity contribution >= 4 is 10.8 Å². The van der Waals surface area contributed by atoms with Gasteiger partial charge in [-0.2, -0.15) is 0 Å². The van der Waals surface area contributed by atoms with E-state index in [0.29, 0.717) is 0 Å². The summed E-state index contributed by atoms with van der Waals surface area (Å²) in [5, 5.41) is 2.45. The van der Waals surface area contributed by atoms with Crippen molar-refractivity contribution in [1.82, 2.24) is 0 Å². The van der Waals surface area contributed by atoms with E-state index in [1.54, 1.807) is 0 Å². The molecule has 21 heavy (non-hydrogen) atoms. The van der Waals surface area contributed by atoms with Crippen molar-refractivity contribution in [1.29, 1.82) is 0 Å². The van der Waals surface area contributed by atoms with Gasteiger partial charge in [0.15, 0.2) is 0 Å². The van der Waals surface area contributed by atoms with E-state index in [2.05, 4.69) is 74.2 Å². The third-order valence-corrected chi connectivity index (χ3v) is 3.00. The summed E-state index contributed by atoms with van der Waals surface area (Å²) in [6, 6.07) is 17.9. The summed E-state index contributed by atoms with van der Waals surface area (Å²) < 4.78 is 5.98. The Morgan fingerprint density at radius 3 is 2.29 bits per heavy atom. The summed E-state index contributed by atoms with van der Waals surface area (Å²) in [5.41, 5.74) is 0.950. The lowest BCUT2D eigenvalue weighted by atomic mass is 10.0. The third-order valence-electron chi connectivity index (χ3n) is 3.00. The summed E-state index contributed by atoms with van der Waals surface area (Å²) >= 11 is 0. The summed E-state index contributed by atoms with van der Waals surface area (Å²) in [6.45, 7) is 10.3. The second kappa shape index (κ2) is 6.28. The zero-order valence-corrected chi connectivity index (χ0v) is 13.6. The summed E-state index contributed by atoms with van der Waals surface area (Å²) in [6.07, 6.45) is -0.0991. The Hall–Kier alpha value is -1.85. The Kier molecular flexibility index (Phi) is 4.65. The maximum Gasteiger partial charge on any atom is 0.310 e. The average molecular weight is 282 g/mol. The van der Waals surface area contributed by atoms with Crippen LogP contribution in [-0.2, 0) is 4.74 Å². The SMILES string of the molecule is CC(C)OC(C#[N+]C(C)(C)C)c1ccc2ccccc2c1. The zero-order valence-electron chi connectivity index (χ0n) is 13.6. The molecule has 110 valence electrons.